The summed E-state index contributed by atoms with van der Waals surface area (Å²) in [7, 11) is 0. The van der Waals surface area contributed by atoms with Crippen molar-refractivity contribution in [1.82, 2.24) is 0 Å². The summed E-state index contributed by atoms with van der Waals surface area (Å²) < 4.78 is 0. The molecule has 1 nitrogen and oxygen atoms in total. The van der Waals surface area contributed by atoms with E-state index in [0.29, 0.717) is 0 Å². The normalized spacial score (nSPS) is 11.6. The van der Waals surface area contributed by atoms with Crippen molar-refractivity contribution >= 4 is 5.78 Å². The SMILES string of the molecule is CC[CH]C(=O)C(C)(C)C. The summed E-state index contributed by atoms with van der Waals surface area (Å²) in [6.07, 6.45) is 2.58. The molecule has 9 heavy (non-hydrogen) atoms. The lowest BCUT2D eigenvalue weighted by Crippen LogP contribution is -2.19. The molecule has 53 valence electrons. The number of hydrogen-bond donors (Lipinski definition) is 0. The Labute approximate surface area is 57.5 Å². The molecule has 0 aromatic carbocycles. The summed E-state index contributed by atoms with van der Waals surface area (Å²) in [6.45, 7) is 7.77. The van der Waals surface area contributed by atoms with E-state index in [1.165, 1.54) is 0 Å². The number of ketones is 1. The van der Waals surface area contributed by atoms with Crippen molar-refractivity contribution in [1.29, 1.82) is 0 Å². The Hall–Kier alpha value is -0.330. The molecule has 0 saturated carbocycles. The molecular formula is C8H15O. The number of Topliss-reactive ketones (excluding diaryl/α,β-unsaturated/α-hetero) is 1. The van der Waals surface area contributed by atoms with Crippen LogP contribution in [0.2, 0.25) is 0 Å². The summed E-state index contributed by atoms with van der Waals surface area (Å²) in [5, 5.41) is 0. The van der Waals surface area contributed by atoms with E-state index in [9.17, 15) is 4.79 Å². The van der Waals surface area contributed by atoms with Crippen molar-refractivity contribution < 1.29 is 4.79 Å². The van der Waals surface area contributed by atoms with E-state index in [1.807, 2.05) is 27.7 Å². The maximum atomic E-state index is 11.0. The van der Waals surface area contributed by atoms with Crippen molar-refractivity contribution in [2.45, 2.75) is 34.1 Å². The van der Waals surface area contributed by atoms with E-state index in [2.05, 4.69) is 0 Å². The first-order valence-electron chi connectivity index (χ1n) is 3.36. The van der Waals surface area contributed by atoms with Gasteiger partial charge in [0.2, 0.25) is 0 Å². The third-order valence-electron chi connectivity index (χ3n) is 1.13. The fourth-order valence-electron chi connectivity index (χ4n) is 0.492. The van der Waals surface area contributed by atoms with E-state index < -0.39 is 0 Å². The number of hydrogen-bond acceptors (Lipinski definition) is 1. The number of carbonyl (C=O) groups is 1. The minimum atomic E-state index is -0.185. The second-order valence-corrected chi connectivity index (χ2v) is 3.23. The smallest absolute Gasteiger partial charge is 0.141 e. The van der Waals surface area contributed by atoms with Gasteiger partial charge in [-0.15, -0.1) is 0 Å². The van der Waals surface area contributed by atoms with Crippen molar-refractivity contribution in [3.05, 3.63) is 6.42 Å². The maximum Gasteiger partial charge on any atom is 0.141 e. The van der Waals surface area contributed by atoms with Crippen LogP contribution in [0.5, 0.6) is 0 Å². The maximum absolute atomic E-state index is 11.0. The summed E-state index contributed by atoms with van der Waals surface area (Å²) in [4.78, 5) is 11.0. The molecule has 1 radical (unpaired) electrons. The molecule has 0 aromatic heterocycles. The van der Waals surface area contributed by atoms with Crippen molar-refractivity contribution in [3.63, 3.8) is 0 Å². The topological polar surface area (TPSA) is 17.1 Å². The second kappa shape index (κ2) is 3.00. The Morgan fingerprint density at radius 2 is 1.89 bits per heavy atom. The van der Waals surface area contributed by atoms with E-state index in [-0.39, 0.29) is 11.2 Å². The molecule has 0 N–H and O–H groups in total. The Kier molecular flexibility index (Phi) is 2.89. The lowest BCUT2D eigenvalue weighted by Gasteiger charge is -2.14. The van der Waals surface area contributed by atoms with Gasteiger partial charge >= 0.3 is 0 Å². The van der Waals surface area contributed by atoms with Crippen LogP contribution in [-0.4, -0.2) is 5.78 Å². The van der Waals surface area contributed by atoms with Crippen LogP contribution in [0.4, 0.5) is 0 Å². The molecule has 0 aliphatic heterocycles. The third kappa shape index (κ3) is 3.28. The van der Waals surface area contributed by atoms with Gasteiger partial charge in [0.25, 0.3) is 0 Å². The minimum Gasteiger partial charge on any atom is -0.299 e. The number of rotatable bonds is 2. The number of carbonyl (C=O) groups excluding carboxylic acids is 1. The zero-order valence-corrected chi connectivity index (χ0v) is 6.69. The fourth-order valence-corrected chi connectivity index (χ4v) is 0.492. The van der Waals surface area contributed by atoms with Gasteiger partial charge in [-0.05, 0) is 6.42 Å². The van der Waals surface area contributed by atoms with Gasteiger partial charge in [-0.1, -0.05) is 27.7 Å². The fraction of sp³-hybridized carbons (Fsp3) is 0.750. The molecule has 0 saturated heterocycles. The monoisotopic (exact) mass is 127 g/mol. The van der Waals surface area contributed by atoms with E-state index >= 15 is 0 Å². The van der Waals surface area contributed by atoms with Gasteiger partial charge < -0.3 is 0 Å². The summed E-state index contributed by atoms with van der Waals surface area (Å²) >= 11 is 0. The molecule has 0 bridgehead atoms. The van der Waals surface area contributed by atoms with E-state index in [0.717, 1.165) is 6.42 Å². The summed E-state index contributed by atoms with van der Waals surface area (Å²) in [6, 6.07) is 0. The van der Waals surface area contributed by atoms with Crippen LogP contribution in [0.15, 0.2) is 0 Å². The zero-order valence-electron chi connectivity index (χ0n) is 6.69. The highest BCUT2D eigenvalue weighted by Crippen LogP contribution is 2.16. The van der Waals surface area contributed by atoms with Crippen LogP contribution < -0.4 is 0 Å². The first-order valence-corrected chi connectivity index (χ1v) is 3.36. The lowest BCUT2D eigenvalue weighted by atomic mass is 9.88. The molecular weight excluding hydrogens is 112 g/mol. The van der Waals surface area contributed by atoms with Crippen molar-refractivity contribution in [3.8, 4) is 0 Å². The van der Waals surface area contributed by atoms with Crippen molar-refractivity contribution in [2.75, 3.05) is 0 Å². The first kappa shape index (κ1) is 8.67. The second-order valence-electron chi connectivity index (χ2n) is 3.23. The Balaban J connectivity index is 3.74. The molecule has 0 amide bonds. The molecule has 0 spiro atoms. The van der Waals surface area contributed by atoms with Crippen LogP contribution in [0.3, 0.4) is 0 Å². The quantitative estimate of drug-likeness (QED) is 0.556. The molecule has 0 rings (SSSR count). The van der Waals surface area contributed by atoms with Crippen LogP contribution in [0.1, 0.15) is 34.1 Å². The predicted molar refractivity (Wildman–Crippen MR) is 39.1 cm³/mol. The van der Waals surface area contributed by atoms with Gasteiger partial charge in [-0.25, -0.2) is 0 Å². The van der Waals surface area contributed by atoms with E-state index in [4.69, 9.17) is 0 Å². The van der Waals surface area contributed by atoms with Crippen LogP contribution in [-0.2, 0) is 4.79 Å². The standard InChI is InChI=1S/C8H15O/c1-5-6-7(9)8(2,3)4/h6H,5H2,1-4H3. The largest absolute Gasteiger partial charge is 0.299 e. The highest BCUT2D eigenvalue weighted by Gasteiger charge is 2.19. The third-order valence-corrected chi connectivity index (χ3v) is 1.13. The molecule has 0 aliphatic rings. The van der Waals surface area contributed by atoms with Gasteiger partial charge in [0.1, 0.15) is 5.78 Å². The van der Waals surface area contributed by atoms with Crippen LogP contribution >= 0.6 is 0 Å². The Bertz CT molecular complexity index is 97.6. The average Bonchev–Trinajstić information content (AvgIpc) is 1.64. The zero-order chi connectivity index (χ0) is 7.49. The van der Waals surface area contributed by atoms with Gasteiger partial charge in [-0.2, -0.15) is 0 Å². The molecule has 0 unspecified atom stereocenters. The van der Waals surface area contributed by atoms with Gasteiger partial charge in [0.05, 0.1) is 0 Å². The minimum absolute atomic E-state index is 0.185. The lowest BCUT2D eigenvalue weighted by molar-refractivity contribution is -0.122. The average molecular weight is 127 g/mol. The molecule has 0 atom stereocenters. The van der Waals surface area contributed by atoms with Gasteiger partial charge in [0, 0.05) is 11.8 Å². The van der Waals surface area contributed by atoms with Crippen LogP contribution in [0, 0.1) is 11.8 Å². The van der Waals surface area contributed by atoms with Gasteiger partial charge in [0.15, 0.2) is 0 Å². The summed E-state index contributed by atoms with van der Waals surface area (Å²) in [5.41, 5.74) is -0.185. The highest BCUT2D eigenvalue weighted by atomic mass is 16.1. The van der Waals surface area contributed by atoms with E-state index in [1.54, 1.807) is 6.42 Å². The molecule has 0 heterocycles. The highest BCUT2D eigenvalue weighted by molar-refractivity contribution is 5.91. The van der Waals surface area contributed by atoms with Crippen molar-refractivity contribution in [2.24, 2.45) is 5.41 Å². The first-order chi connectivity index (χ1) is 3.98. The molecule has 0 aromatic rings. The predicted octanol–water partition coefficient (Wildman–Crippen LogP) is 2.22. The Morgan fingerprint density at radius 3 is 2.00 bits per heavy atom. The van der Waals surface area contributed by atoms with Gasteiger partial charge in [-0.3, -0.25) is 4.79 Å². The van der Waals surface area contributed by atoms with Crippen LogP contribution in [0.25, 0.3) is 0 Å². The molecule has 0 fully saturated rings. The summed E-state index contributed by atoms with van der Waals surface area (Å²) in [5.74, 6) is 0.241. The molecule has 0 aliphatic carbocycles. The molecule has 1 heteroatoms. The Morgan fingerprint density at radius 1 is 1.44 bits per heavy atom.